The normalized spacial score (nSPS) is 11.8. The van der Waals surface area contributed by atoms with Crippen LogP contribution in [0.1, 0.15) is 21.0 Å². The number of phenols is 2. The lowest BCUT2D eigenvalue weighted by molar-refractivity contribution is 0.0589. The van der Waals surface area contributed by atoms with Crippen LogP contribution in [-0.4, -0.2) is 27.9 Å². The number of hydrogen-bond acceptors (Lipinski definition) is 4. The summed E-state index contributed by atoms with van der Waals surface area (Å²) in [5.41, 5.74) is 4.64. The van der Waals surface area contributed by atoms with Crippen molar-refractivity contribution in [3.63, 3.8) is 0 Å². The summed E-state index contributed by atoms with van der Waals surface area (Å²) < 4.78 is 7.04. The third-order valence-corrected chi connectivity index (χ3v) is 6.06. The van der Waals surface area contributed by atoms with Crippen molar-refractivity contribution in [1.29, 1.82) is 0 Å². The average Bonchev–Trinajstić information content (AvgIpc) is 3.21. The van der Waals surface area contributed by atoms with Crippen molar-refractivity contribution >= 4 is 21.9 Å². The van der Waals surface area contributed by atoms with E-state index in [1.54, 1.807) is 48.5 Å². The Morgan fingerprint density at radius 3 is 2.03 bits per heavy atom. The number of nitrogens with zero attached hydrogens (tertiary/aromatic N) is 1. The lowest BCUT2D eigenvalue weighted by Gasteiger charge is -2.16. The van der Waals surface area contributed by atoms with Gasteiger partial charge in [-0.3, -0.25) is 0 Å². The number of ether oxygens (including phenoxy) is 1. The van der Waals surface area contributed by atoms with Crippen LogP contribution in [-0.2, 0) is 11.2 Å². The summed E-state index contributed by atoms with van der Waals surface area (Å²) in [6.07, 6.45) is 2.58. The number of benzene rings is 3. The SMILES string of the molecule is COC(=O)c1c(-c2ccc(O)cc2)c(-c2ccc(O)cc2)cn1C(Br)Cc1ccccc1. The first-order chi connectivity index (χ1) is 15.5. The molecule has 0 saturated carbocycles. The van der Waals surface area contributed by atoms with Crippen LogP contribution in [0, 0.1) is 0 Å². The Labute approximate surface area is 194 Å². The van der Waals surface area contributed by atoms with E-state index in [-0.39, 0.29) is 16.5 Å². The predicted octanol–water partition coefficient (Wildman–Crippen LogP) is 6.16. The molecule has 0 radical (unpaired) electrons. The van der Waals surface area contributed by atoms with Gasteiger partial charge in [0, 0.05) is 23.7 Å². The Balaban J connectivity index is 1.93. The highest BCUT2D eigenvalue weighted by atomic mass is 79.9. The van der Waals surface area contributed by atoms with Crippen LogP contribution in [0.3, 0.4) is 0 Å². The van der Waals surface area contributed by atoms with Crippen LogP contribution in [0.4, 0.5) is 0 Å². The molecule has 0 spiro atoms. The molecule has 0 aliphatic carbocycles. The van der Waals surface area contributed by atoms with Gasteiger partial charge in [0.05, 0.1) is 12.1 Å². The topological polar surface area (TPSA) is 71.7 Å². The van der Waals surface area contributed by atoms with E-state index in [2.05, 4.69) is 15.9 Å². The number of halogens is 1. The van der Waals surface area contributed by atoms with Crippen LogP contribution in [0.5, 0.6) is 11.5 Å². The van der Waals surface area contributed by atoms with Gasteiger partial charge in [-0.05, 0) is 41.0 Å². The second-order valence-electron chi connectivity index (χ2n) is 7.38. The van der Waals surface area contributed by atoms with E-state index in [0.29, 0.717) is 17.7 Å². The standard InChI is InChI=1S/C26H22BrNO4/c1-32-26(31)25-24(19-9-13-21(30)14-10-19)22(18-7-11-20(29)12-8-18)16-28(25)23(27)15-17-5-3-2-4-6-17/h2-14,16,23,29-30H,15H2,1H3. The van der Waals surface area contributed by atoms with Crippen LogP contribution < -0.4 is 0 Å². The maximum atomic E-state index is 13.0. The summed E-state index contributed by atoms with van der Waals surface area (Å²) in [6, 6.07) is 23.6. The van der Waals surface area contributed by atoms with Crippen LogP contribution >= 0.6 is 15.9 Å². The van der Waals surface area contributed by atoms with E-state index in [1.165, 1.54) is 7.11 Å². The Kier molecular flexibility index (Phi) is 6.32. The highest BCUT2D eigenvalue weighted by Gasteiger charge is 2.27. The zero-order chi connectivity index (χ0) is 22.7. The molecule has 5 nitrogen and oxygen atoms in total. The number of alkyl halides is 1. The fraction of sp³-hybridized carbons (Fsp3) is 0.115. The summed E-state index contributed by atoms with van der Waals surface area (Å²) >= 11 is 3.76. The average molecular weight is 492 g/mol. The summed E-state index contributed by atoms with van der Waals surface area (Å²) in [4.78, 5) is 12.8. The Bertz CT molecular complexity index is 1220. The molecule has 0 aliphatic rings. The van der Waals surface area contributed by atoms with Gasteiger partial charge in [-0.2, -0.15) is 0 Å². The number of aromatic hydroxyl groups is 2. The molecular formula is C26H22BrNO4. The van der Waals surface area contributed by atoms with Gasteiger partial charge in [-0.15, -0.1) is 0 Å². The first kappa shape index (κ1) is 21.7. The molecule has 0 bridgehead atoms. The van der Waals surface area contributed by atoms with Gasteiger partial charge in [0.25, 0.3) is 0 Å². The molecule has 4 rings (SSSR count). The molecule has 4 aromatic rings. The largest absolute Gasteiger partial charge is 0.508 e. The molecule has 0 saturated heterocycles. The van der Waals surface area contributed by atoms with E-state index in [0.717, 1.165) is 22.3 Å². The van der Waals surface area contributed by atoms with Crippen molar-refractivity contribution in [3.05, 3.63) is 96.3 Å². The fourth-order valence-corrected chi connectivity index (χ4v) is 4.43. The minimum atomic E-state index is -0.462. The molecule has 1 unspecified atom stereocenters. The second-order valence-corrected chi connectivity index (χ2v) is 8.44. The van der Waals surface area contributed by atoms with Crippen molar-refractivity contribution < 1.29 is 19.7 Å². The van der Waals surface area contributed by atoms with Gasteiger partial charge in [-0.25, -0.2) is 4.79 Å². The zero-order valence-electron chi connectivity index (χ0n) is 17.4. The number of carbonyl (C=O) groups excluding carboxylic acids is 1. The van der Waals surface area contributed by atoms with Gasteiger partial charge >= 0.3 is 5.97 Å². The molecule has 1 aromatic heterocycles. The molecule has 0 fully saturated rings. The molecule has 1 atom stereocenters. The lowest BCUT2D eigenvalue weighted by atomic mass is 9.96. The quantitative estimate of drug-likeness (QED) is 0.250. The lowest BCUT2D eigenvalue weighted by Crippen LogP contribution is -2.14. The summed E-state index contributed by atoms with van der Waals surface area (Å²) in [6.45, 7) is 0. The van der Waals surface area contributed by atoms with E-state index in [4.69, 9.17) is 4.74 Å². The number of carbonyl (C=O) groups is 1. The molecule has 32 heavy (non-hydrogen) atoms. The van der Waals surface area contributed by atoms with Gasteiger partial charge in [0.2, 0.25) is 0 Å². The molecule has 1 heterocycles. The number of aromatic nitrogens is 1. The van der Waals surface area contributed by atoms with Crippen molar-refractivity contribution in [2.75, 3.05) is 7.11 Å². The first-order valence-electron chi connectivity index (χ1n) is 10.1. The third-order valence-electron chi connectivity index (χ3n) is 5.29. The molecule has 2 N–H and O–H groups in total. The Morgan fingerprint density at radius 1 is 0.906 bits per heavy atom. The minimum absolute atomic E-state index is 0.140. The maximum Gasteiger partial charge on any atom is 0.355 e. The van der Waals surface area contributed by atoms with Gasteiger partial charge in [-0.1, -0.05) is 70.5 Å². The fourth-order valence-electron chi connectivity index (χ4n) is 3.74. The monoisotopic (exact) mass is 491 g/mol. The summed E-state index contributed by atoms with van der Waals surface area (Å²) in [5, 5.41) is 19.5. The van der Waals surface area contributed by atoms with Gasteiger partial charge < -0.3 is 19.5 Å². The predicted molar refractivity (Wildman–Crippen MR) is 128 cm³/mol. The second kappa shape index (κ2) is 9.32. The van der Waals surface area contributed by atoms with Crippen molar-refractivity contribution in [2.45, 2.75) is 11.4 Å². The first-order valence-corrected chi connectivity index (χ1v) is 11.0. The number of phenolic OH excluding ortho intramolecular Hbond substituents is 2. The number of methoxy groups -OCH3 is 1. The highest BCUT2D eigenvalue weighted by molar-refractivity contribution is 9.09. The molecular weight excluding hydrogens is 470 g/mol. The van der Waals surface area contributed by atoms with E-state index in [9.17, 15) is 15.0 Å². The smallest absolute Gasteiger partial charge is 0.355 e. The minimum Gasteiger partial charge on any atom is -0.508 e. The van der Waals surface area contributed by atoms with Gasteiger partial charge in [0.15, 0.2) is 0 Å². The molecule has 162 valence electrons. The summed E-state index contributed by atoms with van der Waals surface area (Å²) in [5.74, 6) is -0.160. The molecule has 3 aromatic carbocycles. The number of rotatable bonds is 6. The number of esters is 1. The number of hydrogen-bond donors (Lipinski definition) is 2. The van der Waals surface area contributed by atoms with Crippen LogP contribution in [0.2, 0.25) is 0 Å². The molecule has 0 aliphatic heterocycles. The Morgan fingerprint density at radius 2 is 1.47 bits per heavy atom. The third kappa shape index (κ3) is 4.41. The molecule has 6 heteroatoms. The van der Waals surface area contributed by atoms with Crippen molar-refractivity contribution in [2.24, 2.45) is 0 Å². The maximum absolute atomic E-state index is 13.0. The van der Waals surface area contributed by atoms with E-state index < -0.39 is 5.97 Å². The Hall–Kier alpha value is -3.51. The van der Waals surface area contributed by atoms with Crippen LogP contribution in [0.25, 0.3) is 22.3 Å². The van der Waals surface area contributed by atoms with E-state index in [1.807, 2.05) is 41.1 Å². The summed E-state index contributed by atoms with van der Waals surface area (Å²) in [7, 11) is 1.36. The highest BCUT2D eigenvalue weighted by Crippen LogP contribution is 2.40. The van der Waals surface area contributed by atoms with E-state index >= 15 is 0 Å². The van der Waals surface area contributed by atoms with Crippen LogP contribution in [0.15, 0.2) is 85.1 Å². The van der Waals surface area contributed by atoms with Crippen molar-refractivity contribution in [3.8, 4) is 33.8 Å². The van der Waals surface area contributed by atoms with Gasteiger partial charge in [0.1, 0.15) is 17.2 Å². The molecule has 0 amide bonds. The zero-order valence-corrected chi connectivity index (χ0v) is 19.0. The van der Waals surface area contributed by atoms with Crippen molar-refractivity contribution in [1.82, 2.24) is 4.57 Å².